The first-order chi connectivity index (χ1) is 12.7. The van der Waals surface area contributed by atoms with Crippen molar-refractivity contribution in [3.05, 3.63) is 46.3 Å². The number of hydrogen-bond acceptors (Lipinski definition) is 5. The van der Waals surface area contributed by atoms with Crippen LogP contribution in [0.15, 0.2) is 51.2 Å². The molecule has 1 saturated heterocycles. The van der Waals surface area contributed by atoms with E-state index in [0.29, 0.717) is 16.8 Å². The summed E-state index contributed by atoms with van der Waals surface area (Å²) in [7, 11) is 0. The van der Waals surface area contributed by atoms with Gasteiger partial charge in [-0.25, -0.2) is 4.99 Å². The first kappa shape index (κ1) is 25.1. The van der Waals surface area contributed by atoms with Gasteiger partial charge in [-0.15, -0.1) is 0 Å². The third kappa shape index (κ3) is 10.1. The van der Waals surface area contributed by atoms with Gasteiger partial charge >= 0.3 is 5.97 Å². The molecule has 0 bridgehead atoms. The molecule has 1 heterocycles. The van der Waals surface area contributed by atoms with Crippen LogP contribution in [0.2, 0.25) is 0 Å². The Morgan fingerprint density at radius 2 is 1.96 bits per heavy atom. The van der Waals surface area contributed by atoms with Crippen LogP contribution in [0.4, 0.5) is 0 Å². The lowest BCUT2D eigenvalue weighted by molar-refractivity contribution is -0.153. The van der Waals surface area contributed by atoms with Crippen LogP contribution in [0.5, 0.6) is 0 Å². The van der Waals surface area contributed by atoms with Crippen molar-refractivity contribution in [1.82, 2.24) is 4.90 Å². The third-order valence-corrected chi connectivity index (χ3v) is 3.95. The van der Waals surface area contributed by atoms with Crippen LogP contribution in [0.3, 0.4) is 0 Å². The number of likely N-dealkylation sites (tertiary alicyclic amines) is 1. The van der Waals surface area contributed by atoms with Crippen LogP contribution in [0.1, 0.15) is 47.5 Å². The molecule has 0 N–H and O–H groups in total. The predicted molar refractivity (Wildman–Crippen MR) is 116 cm³/mol. The maximum Gasteiger partial charge on any atom is 0.311 e. The second-order valence-electron chi connectivity index (χ2n) is 6.66. The van der Waals surface area contributed by atoms with Crippen molar-refractivity contribution in [2.75, 3.05) is 13.1 Å². The summed E-state index contributed by atoms with van der Waals surface area (Å²) < 4.78 is 5.97. The number of hydrogen-bond donors (Lipinski definition) is 0. The second-order valence-corrected chi connectivity index (χ2v) is 7.68. The van der Waals surface area contributed by atoms with Crippen LogP contribution in [0.25, 0.3) is 0 Å². The molecule has 0 aromatic rings. The molecule has 1 aliphatic rings. The maximum atomic E-state index is 11.8. The molecule has 0 saturated carbocycles. The number of carbonyl (C=O) groups excluding carboxylic acids is 2. The van der Waals surface area contributed by atoms with Gasteiger partial charge in [-0.2, -0.15) is 0 Å². The summed E-state index contributed by atoms with van der Waals surface area (Å²) in [6.45, 7) is 18.4. The second kappa shape index (κ2) is 12.4. The normalized spacial score (nSPS) is 17.2. The van der Waals surface area contributed by atoms with E-state index < -0.39 is 5.60 Å². The monoisotopic (exact) mass is 438 g/mol. The van der Waals surface area contributed by atoms with E-state index in [4.69, 9.17) is 4.74 Å². The topological polar surface area (TPSA) is 59.0 Å². The molecule has 1 rings (SSSR count). The molecule has 6 heteroatoms. The Hall–Kier alpha value is -1.95. The molecule has 0 amide bonds. The molecule has 0 radical (unpaired) electrons. The van der Waals surface area contributed by atoms with Crippen molar-refractivity contribution in [3.63, 3.8) is 0 Å². The van der Waals surface area contributed by atoms with E-state index in [0.717, 1.165) is 30.4 Å². The quantitative estimate of drug-likeness (QED) is 0.193. The summed E-state index contributed by atoms with van der Waals surface area (Å²) in [6, 6.07) is 0. The minimum absolute atomic E-state index is 0.144. The summed E-state index contributed by atoms with van der Waals surface area (Å²) in [4.78, 5) is 28.6. The molecular weight excluding hydrogens is 408 g/mol. The van der Waals surface area contributed by atoms with Crippen molar-refractivity contribution in [1.29, 1.82) is 0 Å². The van der Waals surface area contributed by atoms with E-state index in [1.165, 1.54) is 6.08 Å². The number of allylic oxidation sites excluding steroid dienone is 3. The lowest BCUT2D eigenvalue weighted by Gasteiger charge is -2.31. The number of aliphatic imine (C=N–C) groups is 1. The van der Waals surface area contributed by atoms with E-state index in [-0.39, 0.29) is 12.4 Å². The summed E-state index contributed by atoms with van der Waals surface area (Å²) in [5.41, 5.74) is 1.35. The van der Waals surface area contributed by atoms with Crippen LogP contribution in [0, 0.1) is 0 Å². The highest BCUT2D eigenvalue weighted by atomic mass is 79.9. The van der Waals surface area contributed by atoms with Gasteiger partial charge in [0.25, 0.3) is 0 Å². The zero-order chi connectivity index (χ0) is 21.0. The van der Waals surface area contributed by atoms with Crippen LogP contribution in [-0.4, -0.2) is 42.6 Å². The van der Waals surface area contributed by atoms with Gasteiger partial charge < -0.3 is 9.64 Å². The van der Waals surface area contributed by atoms with Gasteiger partial charge in [0.15, 0.2) is 0 Å². The highest BCUT2D eigenvalue weighted by Gasteiger charge is 2.19. The number of esters is 1. The summed E-state index contributed by atoms with van der Waals surface area (Å²) >= 11 is 3.38. The van der Waals surface area contributed by atoms with E-state index in [9.17, 15) is 9.59 Å². The van der Waals surface area contributed by atoms with Crippen molar-refractivity contribution in [3.8, 4) is 0 Å². The average molecular weight is 439 g/mol. The smallest absolute Gasteiger partial charge is 0.311 e. The minimum Gasteiger partial charge on any atom is -0.460 e. The predicted octanol–water partition coefficient (Wildman–Crippen LogP) is 4.95. The highest BCUT2D eigenvalue weighted by Crippen LogP contribution is 2.24. The van der Waals surface area contributed by atoms with Gasteiger partial charge in [0.05, 0.1) is 6.42 Å². The molecule has 0 atom stereocenters. The van der Waals surface area contributed by atoms with E-state index >= 15 is 0 Å². The molecule has 0 spiro atoms. The first-order valence-electron chi connectivity index (χ1n) is 8.98. The highest BCUT2D eigenvalue weighted by molar-refractivity contribution is 9.11. The molecule has 0 aliphatic carbocycles. The molecule has 0 aromatic carbocycles. The van der Waals surface area contributed by atoms with Gasteiger partial charge in [0.1, 0.15) is 17.7 Å². The Morgan fingerprint density at radius 1 is 1.33 bits per heavy atom. The zero-order valence-corrected chi connectivity index (χ0v) is 18.6. The lowest BCUT2D eigenvalue weighted by Crippen LogP contribution is -2.31. The molecule has 0 unspecified atom stereocenters. The summed E-state index contributed by atoms with van der Waals surface area (Å²) in [5, 5.41) is 0. The molecule has 5 nitrogen and oxygen atoms in total. The molecule has 27 heavy (non-hydrogen) atoms. The van der Waals surface area contributed by atoms with E-state index in [2.05, 4.69) is 34.2 Å². The van der Waals surface area contributed by atoms with E-state index in [1.807, 2.05) is 39.5 Å². The van der Waals surface area contributed by atoms with Gasteiger partial charge in [-0.3, -0.25) is 9.59 Å². The van der Waals surface area contributed by atoms with Crippen molar-refractivity contribution >= 4 is 34.9 Å². The number of halogens is 1. The molecule has 150 valence electrons. The Labute approximate surface area is 171 Å². The molecule has 1 fully saturated rings. The lowest BCUT2D eigenvalue weighted by atomic mass is 9.99. The first-order valence-corrected chi connectivity index (χ1v) is 9.78. The number of aldehydes is 1. The van der Waals surface area contributed by atoms with Crippen LogP contribution < -0.4 is 0 Å². The number of carbonyl (C=O) groups is 2. The largest absolute Gasteiger partial charge is 0.460 e. The fourth-order valence-electron chi connectivity index (χ4n) is 2.27. The Morgan fingerprint density at radius 3 is 2.48 bits per heavy atom. The number of nitrogens with zero attached hydrogens (tertiary/aromatic N) is 2. The number of piperidine rings is 1. The van der Waals surface area contributed by atoms with Gasteiger partial charge in [-0.05, 0) is 63.3 Å². The van der Waals surface area contributed by atoms with Crippen molar-refractivity contribution < 1.29 is 14.3 Å². The average Bonchev–Trinajstić information content (AvgIpc) is 2.58. The third-order valence-electron chi connectivity index (χ3n) is 3.40. The van der Waals surface area contributed by atoms with Gasteiger partial charge in [-0.1, -0.05) is 36.4 Å². The standard InChI is InChI=1S/C19H25BrN2O3.C2H6/c1-14-8-10-22(13-15(14)9-11-23)17(21-5)7-6-16(20)12-18(24)25-19(2,3)4;1-2/h6-7,9,11H,1,5,8,10,12-13H2,2-4H3;1-2H3/b15-9+,16-6+,17-7+;. The molecular formula is C21H31BrN2O3. The maximum absolute atomic E-state index is 11.8. The van der Waals surface area contributed by atoms with Gasteiger partial charge in [0, 0.05) is 17.6 Å². The Kier molecular flexibility index (Phi) is 11.5. The molecule has 1 aliphatic heterocycles. The fraction of sp³-hybridized carbons (Fsp3) is 0.476. The Bertz CT molecular complexity index is 640. The van der Waals surface area contributed by atoms with Gasteiger partial charge in [0.2, 0.25) is 0 Å². The van der Waals surface area contributed by atoms with Crippen molar-refractivity contribution in [2.24, 2.45) is 4.99 Å². The summed E-state index contributed by atoms with van der Waals surface area (Å²) in [6.07, 6.45) is 6.75. The number of ether oxygens (including phenoxy) is 1. The van der Waals surface area contributed by atoms with E-state index in [1.54, 1.807) is 12.2 Å². The van der Waals surface area contributed by atoms with Crippen LogP contribution in [-0.2, 0) is 14.3 Å². The number of rotatable bonds is 6. The van der Waals surface area contributed by atoms with Crippen molar-refractivity contribution in [2.45, 2.75) is 53.1 Å². The minimum atomic E-state index is -0.508. The SMILES string of the molecule is C=N/C(=C\C=C(\Br)CC(=O)OC(C)(C)C)N1CCC(=C)/C(=C/C=O)C1.CC. The molecule has 0 aromatic heterocycles. The fourth-order valence-corrected chi connectivity index (χ4v) is 2.63. The summed E-state index contributed by atoms with van der Waals surface area (Å²) in [5.74, 6) is 0.369. The Balaban J connectivity index is 0.00000326. The van der Waals surface area contributed by atoms with Crippen LogP contribution >= 0.6 is 15.9 Å². The zero-order valence-electron chi connectivity index (χ0n) is 17.0.